The van der Waals surface area contributed by atoms with Crippen molar-refractivity contribution in [2.75, 3.05) is 25.0 Å². The van der Waals surface area contributed by atoms with Crippen molar-refractivity contribution in [2.24, 2.45) is 0 Å². The third kappa shape index (κ3) is 3.95. The number of amides is 2. The lowest BCUT2D eigenvalue weighted by Crippen LogP contribution is -2.48. The molecule has 1 aromatic heterocycles. The highest BCUT2D eigenvalue weighted by Crippen LogP contribution is 2.36. The van der Waals surface area contributed by atoms with Crippen molar-refractivity contribution < 1.29 is 9.59 Å². The molecular weight excluding hydrogens is 384 g/mol. The molecule has 4 rings (SSSR count). The van der Waals surface area contributed by atoms with Crippen LogP contribution in [0.25, 0.3) is 0 Å². The maximum absolute atomic E-state index is 13.2. The highest BCUT2D eigenvalue weighted by Gasteiger charge is 2.30. The fourth-order valence-electron chi connectivity index (χ4n) is 3.33. The monoisotopic (exact) mass is 404 g/mol. The molecule has 2 aromatic rings. The quantitative estimate of drug-likeness (QED) is 0.805. The predicted molar refractivity (Wildman–Crippen MR) is 109 cm³/mol. The molecular formula is C19H21ClN4O2S. The topological polar surface area (TPSA) is 74.3 Å². The molecule has 1 saturated heterocycles. The van der Waals surface area contributed by atoms with Crippen LogP contribution in [0.15, 0.2) is 47.6 Å². The summed E-state index contributed by atoms with van der Waals surface area (Å²) in [5.41, 5.74) is 2.33. The standard InChI is InChI=1S/C19H20N4O2S.ClH/c1-12-18(24)22-15-9-13(4-5-17(15)26-12)19(25)23-8-7-21-11-16(23)14-3-2-6-20-10-14;/h2-6,9-10,12,16,21H,7-8,11H2,1H3,(H,22,24);1H. The fourth-order valence-corrected chi connectivity index (χ4v) is 4.26. The molecule has 3 heterocycles. The zero-order valence-electron chi connectivity index (χ0n) is 14.8. The van der Waals surface area contributed by atoms with Crippen LogP contribution in [0.1, 0.15) is 28.9 Å². The lowest BCUT2D eigenvalue weighted by Gasteiger charge is -2.36. The first-order chi connectivity index (χ1) is 12.6. The molecule has 0 saturated carbocycles. The Kier molecular flexibility index (Phi) is 6.04. The lowest BCUT2D eigenvalue weighted by atomic mass is 10.0. The lowest BCUT2D eigenvalue weighted by molar-refractivity contribution is -0.115. The van der Waals surface area contributed by atoms with E-state index < -0.39 is 0 Å². The van der Waals surface area contributed by atoms with E-state index in [1.165, 1.54) is 11.8 Å². The molecule has 1 fully saturated rings. The van der Waals surface area contributed by atoms with Gasteiger partial charge in [-0.2, -0.15) is 0 Å². The first kappa shape index (κ1) is 19.7. The molecule has 2 amide bonds. The Morgan fingerprint density at radius 3 is 2.96 bits per heavy atom. The number of halogens is 1. The number of thioether (sulfide) groups is 1. The molecule has 2 atom stereocenters. The van der Waals surface area contributed by atoms with Gasteiger partial charge in [0.1, 0.15) is 0 Å². The Morgan fingerprint density at radius 2 is 2.19 bits per heavy atom. The minimum absolute atomic E-state index is 0. The van der Waals surface area contributed by atoms with Crippen LogP contribution in [0.5, 0.6) is 0 Å². The molecule has 2 unspecified atom stereocenters. The zero-order chi connectivity index (χ0) is 18.1. The molecule has 2 N–H and O–H groups in total. The maximum Gasteiger partial charge on any atom is 0.254 e. The summed E-state index contributed by atoms with van der Waals surface area (Å²) in [5, 5.41) is 6.13. The molecule has 6 nitrogen and oxygen atoms in total. The second-order valence-corrected chi connectivity index (χ2v) is 7.85. The van der Waals surface area contributed by atoms with E-state index in [0.717, 1.165) is 22.7 Å². The molecule has 1 aromatic carbocycles. The Bertz CT molecular complexity index is 849. The van der Waals surface area contributed by atoms with Gasteiger partial charge in [0, 0.05) is 42.5 Å². The molecule has 0 spiro atoms. The van der Waals surface area contributed by atoms with E-state index in [0.29, 0.717) is 18.7 Å². The molecule has 0 bridgehead atoms. The van der Waals surface area contributed by atoms with Crippen molar-refractivity contribution in [3.63, 3.8) is 0 Å². The normalized spacial score (nSPS) is 21.7. The summed E-state index contributed by atoms with van der Waals surface area (Å²) in [6.07, 6.45) is 3.54. The SMILES string of the molecule is CC1Sc2ccc(C(=O)N3CCNCC3c3cccnc3)cc2NC1=O.Cl. The Hall–Kier alpha value is -2.09. The number of hydrogen-bond acceptors (Lipinski definition) is 5. The summed E-state index contributed by atoms with van der Waals surface area (Å²) >= 11 is 1.52. The number of nitrogens with one attached hydrogen (secondary N) is 2. The molecule has 2 aliphatic rings. The van der Waals surface area contributed by atoms with Gasteiger partial charge in [-0.1, -0.05) is 6.07 Å². The first-order valence-electron chi connectivity index (χ1n) is 8.66. The first-order valence-corrected chi connectivity index (χ1v) is 9.54. The molecule has 2 aliphatic heterocycles. The van der Waals surface area contributed by atoms with Gasteiger partial charge in [0.05, 0.1) is 17.0 Å². The van der Waals surface area contributed by atoms with E-state index in [4.69, 9.17) is 0 Å². The molecule has 8 heteroatoms. The number of carbonyl (C=O) groups is 2. The Morgan fingerprint density at radius 1 is 1.33 bits per heavy atom. The average molecular weight is 405 g/mol. The highest BCUT2D eigenvalue weighted by atomic mass is 35.5. The number of carbonyl (C=O) groups excluding carboxylic acids is 2. The summed E-state index contributed by atoms with van der Waals surface area (Å²) in [5.74, 6) is -0.0523. The number of hydrogen-bond donors (Lipinski definition) is 2. The van der Waals surface area contributed by atoms with Crippen molar-refractivity contribution in [2.45, 2.75) is 23.1 Å². The number of aromatic nitrogens is 1. The number of pyridine rings is 1. The third-order valence-electron chi connectivity index (χ3n) is 4.73. The maximum atomic E-state index is 13.2. The predicted octanol–water partition coefficient (Wildman–Crippen LogP) is 2.72. The summed E-state index contributed by atoms with van der Waals surface area (Å²) in [6.45, 7) is 3.97. The molecule has 142 valence electrons. The summed E-state index contributed by atoms with van der Waals surface area (Å²) in [4.78, 5) is 32.2. The van der Waals surface area contributed by atoms with E-state index in [-0.39, 0.29) is 35.5 Å². The summed E-state index contributed by atoms with van der Waals surface area (Å²) < 4.78 is 0. The fraction of sp³-hybridized carbons (Fsp3) is 0.316. The van der Waals surface area contributed by atoms with Gasteiger partial charge in [-0.25, -0.2) is 0 Å². The third-order valence-corrected chi connectivity index (χ3v) is 5.91. The summed E-state index contributed by atoms with van der Waals surface area (Å²) in [7, 11) is 0. The van der Waals surface area contributed by atoms with E-state index in [1.807, 2.05) is 42.3 Å². The van der Waals surface area contributed by atoms with Gasteiger partial charge in [-0.15, -0.1) is 24.2 Å². The largest absolute Gasteiger partial charge is 0.329 e. The van der Waals surface area contributed by atoms with E-state index in [1.54, 1.807) is 12.3 Å². The average Bonchev–Trinajstić information content (AvgIpc) is 2.69. The van der Waals surface area contributed by atoms with Crippen LogP contribution in [0.2, 0.25) is 0 Å². The van der Waals surface area contributed by atoms with Crippen molar-refractivity contribution in [3.05, 3.63) is 53.9 Å². The Balaban J connectivity index is 0.00000210. The second-order valence-electron chi connectivity index (χ2n) is 6.47. The number of piperazine rings is 1. The van der Waals surface area contributed by atoms with Crippen LogP contribution >= 0.6 is 24.2 Å². The van der Waals surface area contributed by atoms with Crippen LogP contribution in [-0.4, -0.2) is 46.6 Å². The van der Waals surface area contributed by atoms with E-state index in [9.17, 15) is 9.59 Å². The number of rotatable bonds is 2. The molecule has 0 aliphatic carbocycles. The van der Waals surface area contributed by atoms with Gasteiger partial charge in [0.15, 0.2) is 0 Å². The van der Waals surface area contributed by atoms with Crippen molar-refractivity contribution in [3.8, 4) is 0 Å². The molecule has 27 heavy (non-hydrogen) atoms. The number of benzene rings is 1. The highest BCUT2D eigenvalue weighted by molar-refractivity contribution is 8.00. The summed E-state index contributed by atoms with van der Waals surface area (Å²) in [6, 6.07) is 9.39. The number of anilines is 1. The van der Waals surface area contributed by atoms with E-state index >= 15 is 0 Å². The smallest absolute Gasteiger partial charge is 0.254 e. The Labute approximate surface area is 168 Å². The second kappa shape index (κ2) is 8.29. The van der Waals surface area contributed by atoms with Crippen LogP contribution in [0, 0.1) is 0 Å². The van der Waals surface area contributed by atoms with Crippen LogP contribution < -0.4 is 10.6 Å². The van der Waals surface area contributed by atoms with Gasteiger partial charge >= 0.3 is 0 Å². The zero-order valence-corrected chi connectivity index (χ0v) is 16.5. The number of fused-ring (bicyclic) bond motifs is 1. The van der Waals surface area contributed by atoms with Crippen molar-refractivity contribution in [1.82, 2.24) is 15.2 Å². The minimum Gasteiger partial charge on any atom is -0.329 e. The van der Waals surface area contributed by atoms with Gasteiger partial charge in [0.2, 0.25) is 5.91 Å². The van der Waals surface area contributed by atoms with Crippen molar-refractivity contribution in [1.29, 1.82) is 0 Å². The number of nitrogens with zero attached hydrogens (tertiary/aromatic N) is 2. The molecule has 0 radical (unpaired) electrons. The van der Waals surface area contributed by atoms with Crippen molar-refractivity contribution >= 4 is 41.7 Å². The van der Waals surface area contributed by atoms with Crippen LogP contribution in [0.4, 0.5) is 5.69 Å². The van der Waals surface area contributed by atoms with Gasteiger partial charge in [-0.3, -0.25) is 14.6 Å². The van der Waals surface area contributed by atoms with Crippen LogP contribution in [0.3, 0.4) is 0 Å². The van der Waals surface area contributed by atoms with Gasteiger partial charge in [0.25, 0.3) is 5.91 Å². The van der Waals surface area contributed by atoms with E-state index in [2.05, 4.69) is 15.6 Å². The van der Waals surface area contributed by atoms with Gasteiger partial charge in [-0.05, 0) is 36.8 Å². The van der Waals surface area contributed by atoms with Gasteiger partial charge < -0.3 is 15.5 Å². The minimum atomic E-state index is -0.118. The van der Waals surface area contributed by atoms with Crippen LogP contribution in [-0.2, 0) is 4.79 Å².